The number of hydrogen-bond donors (Lipinski definition) is 0. The summed E-state index contributed by atoms with van der Waals surface area (Å²) in [6.45, 7) is 6.75. The van der Waals surface area contributed by atoms with Crippen LogP contribution in [0.3, 0.4) is 0 Å². The molecule has 12 heavy (non-hydrogen) atoms. The maximum absolute atomic E-state index is 11.4. The maximum atomic E-state index is 11.4. The summed E-state index contributed by atoms with van der Waals surface area (Å²) in [6, 6.07) is 0.982. The number of amides is 1. The maximum Gasteiger partial charge on any atom is 0.285 e. The van der Waals surface area contributed by atoms with E-state index in [1.165, 1.54) is 0 Å². The molecule has 0 spiro atoms. The van der Waals surface area contributed by atoms with Crippen LogP contribution in [0.1, 0.15) is 27.2 Å². The molecule has 0 saturated heterocycles. The van der Waals surface area contributed by atoms with Crippen LogP contribution >= 0.6 is 0 Å². The van der Waals surface area contributed by atoms with E-state index in [0.717, 1.165) is 12.6 Å². The molecule has 0 bridgehead atoms. The van der Waals surface area contributed by atoms with Crippen LogP contribution < -0.4 is 0 Å². The molecule has 1 unspecified atom stereocenters. The van der Waals surface area contributed by atoms with Gasteiger partial charge in [-0.2, -0.15) is 0 Å². The summed E-state index contributed by atoms with van der Waals surface area (Å²) in [5.74, 6) is 0.220. The summed E-state index contributed by atoms with van der Waals surface area (Å²) in [5, 5.41) is 0. The quantitative estimate of drug-likeness (QED) is 0.607. The largest absolute Gasteiger partial charge is 0.404 e. The van der Waals surface area contributed by atoms with E-state index < -0.39 is 9.20 Å². The topological polar surface area (TPSA) is 29.5 Å². The molecule has 0 heterocycles. The van der Waals surface area contributed by atoms with Gasteiger partial charge in [-0.15, -0.1) is 0 Å². The molecule has 0 saturated carbocycles. The van der Waals surface area contributed by atoms with Crippen LogP contribution in [0.2, 0.25) is 6.04 Å². The smallest absolute Gasteiger partial charge is 0.285 e. The average Bonchev–Trinajstić information content (AvgIpc) is 2.12. The summed E-state index contributed by atoms with van der Waals surface area (Å²) in [6.07, 6.45) is 0.584. The lowest BCUT2D eigenvalue weighted by Gasteiger charge is -2.26. The zero-order chi connectivity index (χ0) is 9.56. The minimum atomic E-state index is -1.40. The molecule has 4 heteroatoms. The summed E-state index contributed by atoms with van der Waals surface area (Å²) >= 11 is 0. The highest BCUT2D eigenvalue weighted by Gasteiger charge is 2.20. The van der Waals surface area contributed by atoms with Gasteiger partial charge >= 0.3 is 0 Å². The molecule has 0 aliphatic heterocycles. The molecule has 0 fully saturated rings. The van der Waals surface area contributed by atoms with Gasteiger partial charge < -0.3 is 8.99 Å². The van der Waals surface area contributed by atoms with Crippen LogP contribution in [0.15, 0.2) is 0 Å². The Morgan fingerprint density at radius 2 is 2.00 bits per heavy atom. The van der Waals surface area contributed by atoms with Crippen molar-refractivity contribution in [1.29, 1.82) is 0 Å². The monoisotopic (exact) mass is 189 g/mol. The SMILES string of the molecule is CCC(=O)N(CC)[SiH](CC)OC. The molecule has 0 rings (SSSR count). The molecular formula is C8H19NO2Si. The fourth-order valence-corrected chi connectivity index (χ4v) is 3.20. The lowest BCUT2D eigenvalue weighted by atomic mass is 10.4. The lowest BCUT2D eigenvalue weighted by Crippen LogP contribution is -2.44. The highest BCUT2D eigenvalue weighted by Crippen LogP contribution is 2.03. The molecule has 72 valence electrons. The molecule has 0 aromatic rings. The molecule has 0 aliphatic rings. The van der Waals surface area contributed by atoms with E-state index >= 15 is 0 Å². The van der Waals surface area contributed by atoms with Crippen molar-refractivity contribution < 1.29 is 9.22 Å². The van der Waals surface area contributed by atoms with Gasteiger partial charge in [0.25, 0.3) is 9.20 Å². The second-order valence-electron chi connectivity index (χ2n) is 2.63. The molecular weight excluding hydrogens is 170 g/mol. The normalized spacial score (nSPS) is 12.7. The Morgan fingerprint density at radius 1 is 1.42 bits per heavy atom. The Kier molecular flexibility index (Phi) is 6.01. The van der Waals surface area contributed by atoms with Crippen molar-refractivity contribution in [3.8, 4) is 0 Å². The first-order valence-corrected chi connectivity index (χ1v) is 6.33. The number of carbonyl (C=O) groups is 1. The zero-order valence-electron chi connectivity index (χ0n) is 8.46. The van der Waals surface area contributed by atoms with E-state index in [4.69, 9.17) is 4.43 Å². The van der Waals surface area contributed by atoms with Crippen molar-refractivity contribution in [3.63, 3.8) is 0 Å². The van der Waals surface area contributed by atoms with E-state index in [-0.39, 0.29) is 5.91 Å². The van der Waals surface area contributed by atoms with Crippen LogP contribution in [0, 0.1) is 0 Å². The van der Waals surface area contributed by atoms with E-state index in [0.29, 0.717) is 6.42 Å². The van der Waals surface area contributed by atoms with Crippen LogP contribution in [-0.4, -0.2) is 33.3 Å². The van der Waals surface area contributed by atoms with Gasteiger partial charge in [0.15, 0.2) is 0 Å². The number of carbonyl (C=O) groups excluding carboxylic acids is 1. The van der Waals surface area contributed by atoms with Crippen LogP contribution in [0.4, 0.5) is 0 Å². The predicted octanol–water partition coefficient (Wildman–Crippen LogP) is 1.13. The molecule has 0 radical (unpaired) electrons. The predicted molar refractivity (Wildman–Crippen MR) is 52.3 cm³/mol. The molecule has 0 aliphatic carbocycles. The molecule has 1 amide bonds. The van der Waals surface area contributed by atoms with Crippen molar-refractivity contribution >= 4 is 15.1 Å². The highest BCUT2D eigenvalue weighted by atomic mass is 28.3. The molecule has 1 atom stereocenters. The minimum absolute atomic E-state index is 0.220. The first kappa shape index (κ1) is 11.6. The van der Waals surface area contributed by atoms with Crippen molar-refractivity contribution in [1.82, 2.24) is 4.57 Å². The third kappa shape index (κ3) is 2.95. The molecule has 0 N–H and O–H groups in total. The van der Waals surface area contributed by atoms with E-state index in [2.05, 4.69) is 6.92 Å². The Bertz CT molecular complexity index is 137. The Labute approximate surface area is 76.5 Å². The number of rotatable bonds is 5. The number of nitrogens with zero attached hydrogens (tertiary/aromatic N) is 1. The van der Waals surface area contributed by atoms with Gasteiger partial charge in [-0.1, -0.05) is 13.8 Å². The first-order valence-electron chi connectivity index (χ1n) is 4.53. The Hall–Kier alpha value is -0.353. The van der Waals surface area contributed by atoms with Gasteiger partial charge in [0, 0.05) is 20.1 Å². The van der Waals surface area contributed by atoms with E-state index in [1.807, 2.05) is 18.4 Å². The average molecular weight is 189 g/mol. The van der Waals surface area contributed by atoms with Gasteiger partial charge in [0.05, 0.1) is 0 Å². The van der Waals surface area contributed by atoms with Crippen molar-refractivity contribution in [2.45, 2.75) is 33.2 Å². The molecule has 3 nitrogen and oxygen atoms in total. The standard InChI is InChI=1S/C8H19NO2Si/c1-5-8(10)9(6-2)12(7-3)11-4/h12H,5-7H2,1-4H3. The lowest BCUT2D eigenvalue weighted by molar-refractivity contribution is -0.127. The second kappa shape index (κ2) is 6.19. The van der Waals surface area contributed by atoms with Crippen molar-refractivity contribution in [3.05, 3.63) is 0 Å². The number of hydrogen-bond acceptors (Lipinski definition) is 2. The second-order valence-corrected chi connectivity index (χ2v) is 5.45. The van der Waals surface area contributed by atoms with Crippen LogP contribution in [0.5, 0.6) is 0 Å². The summed E-state index contributed by atoms with van der Waals surface area (Å²) in [5.41, 5.74) is 0. The fraction of sp³-hybridized carbons (Fsp3) is 0.875. The zero-order valence-corrected chi connectivity index (χ0v) is 9.62. The van der Waals surface area contributed by atoms with Gasteiger partial charge in [-0.25, -0.2) is 0 Å². The first-order chi connectivity index (χ1) is 5.71. The van der Waals surface area contributed by atoms with Crippen molar-refractivity contribution in [2.75, 3.05) is 13.7 Å². The Morgan fingerprint density at radius 3 is 2.25 bits per heavy atom. The third-order valence-corrected chi connectivity index (χ3v) is 4.52. The fourth-order valence-electron chi connectivity index (χ4n) is 1.26. The summed E-state index contributed by atoms with van der Waals surface area (Å²) in [7, 11) is 0.302. The van der Waals surface area contributed by atoms with E-state index in [9.17, 15) is 4.79 Å². The van der Waals surface area contributed by atoms with Gasteiger partial charge in [0.2, 0.25) is 5.91 Å². The van der Waals surface area contributed by atoms with Gasteiger partial charge in [0.1, 0.15) is 0 Å². The van der Waals surface area contributed by atoms with E-state index in [1.54, 1.807) is 7.11 Å². The van der Waals surface area contributed by atoms with Gasteiger partial charge in [-0.05, 0) is 13.0 Å². The molecule has 0 aromatic heterocycles. The third-order valence-electron chi connectivity index (χ3n) is 1.93. The van der Waals surface area contributed by atoms with Crippen molar-refractivity contribution in [2.24, 2.45) is 0 Å². The van der Waals surface area contributed by atoms with Crippen LogP contribution in [-0.2, 0) is 9.22 Å². The minimum Gasteiger partial charge on any atom is -0.404 e. The Balaban J connectivity index is 4.19. The highest BCUT2D eigenvalue weighted by molar-refractivity contribution is 6.51. The van der Waals surface area contributed by atoms with Crippen LogP contribution in [0.25, 0.3) is 0 Å². The summed E-state index contributed by atoms with van der Waals surface area (Å²) in [4.78, 5) is 11.4. The van der Waals surface area contributed by atoms with Gasteiger partial charge in [-0.3, -0.25) is 4.79 Å². The molecule has 0 aromatic carbocycles. The summed E-state index contributed by atoms with van der Waals surface area (Å²) < 4.78 is 7.22.